The lowest BCUT2D eigenvalue weighted by atomic mass is 10.1. The molecular weight excluding hydrogens is 240 g/mol. The predicted molar refractivity (Wildman–Crippen MR) is 74.8 cm³/mol. The zero-order valence-corrected chi connectivity index (χ0v) is 11.4. The molecule has 2 rings (SSSR count). The Hall–Kier alpha value is -1.88. The normalized spacial score (nSPS) is 11.5. The molecule has 102 valence electrons. The van der Waals surface area contributed by atoms with Crippen LogP contribution < -0.4 is 11.1 Å². The average Bonchev–Trinajstić information content (AvgIpc) is 2.85. The van der Waals surface area contributed by atoms with Crippen LogP contribution in [0, 0.1) is 0 Å². The number of rotatable bonds is 6. The van der Waals surface area contributed by atoms with Crippen molar-refractivity contribution in [3.05, 3.63) is 41.8 Å². The number of nitrogens with zero attached hydrogens (tertiary/aromatic N) is 2. The molecule has 3 N–H and O–H groups in total. The number of nitrogens with two attached hydrogens (primary N) is 1. The monoisotopic (exact) mass is 260 g/mol. The summed E-state index contributed by atoms with van der Waals surface area (Å²) >= 11 is 0. The van der Waals surface area contributed by atoms with Gasteiger partial charge < -0.3 is 15.5 Å². The zero-order chi connectivity index (χ0) is 13.7. The fraction of sp³-hybridized carbons (Fsp3) is 0.429. The molecule has 0 saturated carbocycles. The third kappa shape index (κ3) is 4.06. The molecule has 19 heavy (non-hydrogen) atoms. The maximum Gasteiger partial charge on any atom is 0.315 e. The minimum Gasteiger partial charge on any atom is -0.406 e. The van der Waals surface area contributed by atoms with Crippen molar-refractivity contribution in [3.8, 4) is 0 Å². The van der Waals surface area contributed by atoms with Crippen molar-refractivity contribution in [1.29, 1.82) is 0 Å². The second-order valence-corrected chi connectivity index (χ2v) is 5.15. The predicted octanol–water partition coefficient (Wildman–Crippen LogP) is 2.31. The average molecular weight is 260 g/mol. The van der Waals surface area contributed by atoms with E-state index in [1.165, 1.54) is 5.56 Å². The van der Waals surface area contributed by atoms with Crippen LogP contribution in [0.25, 0.3) is 0 Å². The first-order valence-electron chi connectivity index (χ1n) is 6.46. The van der Waals surface area contributed by atoms with Gasteiger partial charge in [0, 0.05) is 6.54 Å². The van der Waals surface area contributed by atoms with Crippen LogP contribution in [0.15, 0.2) is 34.7 Å². The van der Waals surface area contributed by atoms with Crippen LogP contribution in [0.2, 0.25) is 0 Å². The standard InChI is InChI=1S/C14H20N4O/c1-14(2,15)12-17-18-13(19-12)16-10-6-9-11-7-4-3-5-8-11/h3-5,7-8H,6,9-10,15H2,1-2H3,(H,16,18). The summed E-state index contributed by atoms with van der Waals surface area (Å²) in [6.45, 7) is 4.46. The number of aromatic nitrogens is 2. The lowest BCUT2D eigenvalue weighted by Crippen LogP contribution is -2.29. The first-order chi connectivity index (χ1) is 9.05. The summed E-state index contributed by atoms with van der Waals surface area (Å²) in [7, 11) is 0. The fourth-order valence-electron chi connectivity index (χ4n) is 1.69. The van der Waals surface area contributed by atoms with Crippen molar-refractivity contribution in [2.75, 3.05) is 11.9 Å². The van der Waals surface area contributed by atoms with E-state index in [-0.39, 0.29) is 0 Å². The highest BCUT2D eigenvalue weighted by Crippen LogP contribution is 2.17. The molecule has 0 saturated heterocycles. The van der Waals surface area contributed by atoms with E-state index in [9.17, 15) is 0 Å². The van der Waals surface area contributed by atoms with Gasteiger partial charge in [-0.05, 0) is 32.3 Å². The smallest absolute Gasteiger partial charge is 0.315 e. The Bertz CT molecular complexity index is 502. The molecule has 0 bridgehead atoms. The van der Waals surface area contributed by atoms with Crippen molar-refractivity contribution < 1.29 is 4.42 Å². The van der Waals surface area contributed by atoms with E-state index in [1.807, 2.05) is 19.9 Å². The molecular formula is C14H20N4O. The van der Waals surface area contributed by atoms with Crippen molar-refractivity contribution >= 4 is 6.01 Å². The lowest BCUT2D eigenvalue weighted by Gasteiger charge is -2.11. The number of hydrogen-bond acceptors (Lipinski definition) is 5. The van der Waals surface area contributed by atoms with Crippen molar-refractivity contribution in [3.63, 3.8) is 0 Å². The lowest BCUT2D eigenvalue weighted by molar-refractivity contribution is 0.384. The van der Waals surface area contributed by atoms with Gasteiger partial charge in [0.1, 0.15) is 0 Å². The summed E-state index contributed by atoms with van der Waals surface area (Å²) in [5.41, 5.74) is 6.61. The fourth-order valence-corrected chi connectivity index (χ4v) is 1.69. The summed E-state index contributed by atoms with van der Waals surface area (Å²) < 4.78 is 5.44. The molecule has 0 atom stereocenters. The van der Waals surface area contributed by atoms with Crippen LogP contribution in [-0.4, -0.2) is 16.7 Å². The van der Waals surface area contributed by atoms with Crippen molar-refractivity contribution in [2.24, 2.45) is 5.73 Å². The van der Waals surface area contributed by atoms with E-state index in [0.29, 0.717) is 11.9 Å². The van der Waals surface area contributed by atoms with Crippen LogP contribution in [0.3, 0.4) is 0 Å². The Morgan fingerprint density at radius 1 is 1.21 bits per heavy atom. The van der Waals surface area contributed by atoms with E-state index in [2.05, 4.69) is 39.8 Å². The van der Waals surface area contributed by atoms with Gasteiger partial charge in [-0.1, -0.05) is 35.4 Å². The van der Waals surface area contributed by atoms with Gasteiger partial charge in [-0.25, -0.2) is 0 Å². The van der Waals surface area contributed by atoms with Crippen molar-refractivity contribution in [2.45, 2.75) is 32.2 Å². The Morgan fingerprint density at radius 3 is 2.58 bits per heavy atom. The van der Waals surface area contributed by atoms with Gasteiger partial charge in [0.15, 0.2) is 0 Å². The Morgan fingerprint density at radius 2 is 1.95 bits per heavy atom. The van der Waals surface area contributed by atoms with Crippen LogP contribution in [-0.2, 0) is 12.0 Å². The molecule has 1 aromatic carbocycles. The third-order valence-electron chi connectivity index (χ3n) is 2.74. The molecule has 1 heterocycles. The largest absolute Gasteiger partial charge is 0.406 e. The van der Waals surface area contributed by atoms with Crippen LogP contribution >= 0.6 is 0 Å². The van der Waals surface area contributed by atoms with Crippen LogP contribution in [0.1, 0.15) is 31.7 Å². The molecule has 5 nitrogen and oxygen atoms in total. The summed E-state index contributed by atoms with van der Waals surface area (Å²) in [6.07, 6.45) is 2.03. The highest BCUT2D eigenvalue weighted by Gasteiger charge is 2.21. The van der Waals surface area contributed by atoms with Gasteiger partial charge in [0.2, 0.25) is 5.89 Å². The van der Waals surface area contributed by atoms with E-state index in [1.54, 1.807) is 0 Å². The van der Waals surface area contributed by atoms with E-state index in [4.69, 9.17) is 10.2 Å². The van der Waals surface area contributed by atoms with Gasteiger partial charge >= 0.3 is 6.01 Å². The van der Waals surface area contributed by atoms with Gasteiger partial charge in [-0.3, -0.25) is 0 Å². The van der Waals surface area contributed by atoms with Crippen LogP contribution in [0.5, 0.6) is 0 Å². The topological polar surface area (TPSA) is 77.0 Å². The molecule has 2 aromatic rings. The van der Waals surface area contributed by atoms with Gasteiger partial charge in [0.25, 0.3) is 0 Å². The van der Waals surface area contributed by atoms with E-state index >= 15 is 0 Å². The summed E-state index contributed by atoms with van der Waals surface area (Å²) in [6, 6.07) is 10.8. The summed E-state index contributed by atoms with van der Waals surface area (Å²) in [5.74, 6) is 0.443. The van der Waals surface area contributed by atoms with Crippen LogP contribution in [0.4, 0.5) is 6.01 Å². The highest BCUT2D eigenvalue weighted by atomic mass is 16.4. The first-order valence-corrected chi connectivity index (χ1v) is 6.46. The van der Waals surface area contributed by atoms with Gasteiger partial charge in [-0.15, -0.1) is 5.10 Å². The molecule has 0 amide bonds. The molecule has 0 aliphatic rings. The van der Waals surface area contributed by atoms with E-state index in [0.717, 1.165) is 19.4 Å². The molecule has 0 aliphatic carbocycles. The maximum absolute atomic E-state index is 5.88. The number of nitrogens with one attached hydrogen (secondary N) is 1. The minimum atomic E-state index is -0.600. The third-order valence-corrected chi connectivity index (χ3v) is 2.74. The number of benzene rings is 1. The second kappa shape index (κ2) is 5.84. The molecule has 0 fully saturated rings. The zero-order valence-electron chi connectivity index (χ0n) is 11.4. The highest BCUT2D eigenvalue weighted by molar-refractivity contribution is 5.19. The number of hydrogen-bond donors (Lipinski definition) is 2. The molecule has 0 radical (unpaired) electrons. The molecule has 0 unspecified atom stereocenters. The number of aryl methyl sites for hydroxylation is 1. The quantitative estimate of drug-likeness (QED) is 0.779. The molecule has 1 aromatic heterocycles. The summed E-state index contributed by atoms with van der Waals surface area (Å²) in [4.78, 5) is 0. The van der Waals surface area contributed by atoms with Gasteiger partial charge in [0.05, 0.1) is 5.54 Å². The number of anilines is 1. The van der Waals surface area contributed by atoms with Crippen molar-refractivity contribution in [1.82, 2.24) is 10.2 Å². The Kier molecular flexibility index (Phi) is 4.16. The SMILES string of the molecule is CC(C)(N)c1nnc(NCCCc2ccccc2)o1. The Balaban J connectivity index is 1.76. The second-order valence-electron chi connectivity index (χ2n) is 5.15. The minimum absolute atomic E-state index is 0.432. The molecule has 0 spiro atoms. The molecule has 5 heteroatoms. The first kappa shape index (κ1) is 13.5. The Labute approximate surface area is 113 Å². The summed E-state index contributed by atoms with van der Waals surface area (Å²) in [5, 5.41) is 11.0. The van der Waals surface area contributed by atoms with Gasteiger partial charge in [-0.2, -0.15) is 0 Å². The maximum atomic E-state index is 5.88. The van der Waals surface area contributed by atoms with E-state index < -0.39 is 5.54 Å². The molecule has 0 aliphatic heterocycles.